The molecule has 3 rings (SSSR count). The summed E-state index contributed by atoms with van der Waals surface area (Å²) in [5.74, 6) is 5.33. The lowest BCUT2D eigenvalue weighted by atomic mass is 9.62. The zero-order valence-corrected chi connectivity index (χ0v) is 18.7. The van der Waals surface area contributed by atoms with Gasteiger partial charge in [-0.05, 0) is 81.7 Å². The number of rotatable bonds is 2. The van der Waals surface area contributed by atoms with Crippen LogP contribution >= 0.6 is 0 Å². The average molecular weight is 409 g/mol. The maximum atomic E-state index is 13.2. The maximum absolute atomic E-state index is 13.2. The highest BCUT2D eigenvalue weighted by atomic mass is 16.2. The van der Waals surface area contributed by atoms with Crippen molar-refractivity contribution in [2.45, 2.75) is 72.3 Å². The SMILES string of the molecule is CC#Cc1cc(C)c(C2C(=O)CC3(CCN(C(=O)NC(C)C)CC3)CC2=O)c(C)c1. The Morgan fingerprint density at radius 3 is 2.10 bits per heavy atom. The third-order valence-corrected chi connectivity index (χ3v) is 6.42. The smallest absolute Gasteiger partial charge is 0.317 e. The van der Waals surface area contributed by atoms with Crippen molar-refractivity contribution in [2.24, 2.45) is 5.41 Å². The third-order valence-electron chi connectivity index (χ3n) is 6.42. The summed E-state index contributed by atoms with van der Waals surface area (Å²) in [6.45, 7) is 10.8. The molecule has 1 spiro atoms. The molecule has 0 atom stereocenters. The van der Waals surface area contributed by atoms with Crippen LogP contribution in [0.4, 0.5) is 4.79 Å². The summed E-state index contributed by atoms with van der Waals surface area (Å²) in [6.07, 6.45) is 2.23. The minimum Gasteiger partial charge on any atom is -0.336 e. The van der Waals surface area contributed by atoms with Crippen molar-refractivity contribution in [2.75, 3.05) is 13.1 Å². The lowest BCUT2D eigenvalue weighted by Crippen LogP contribution is -2.51. The summed E-state index contributed by atoms with van der Waals surface area (Å²) in [7, 11) is 0. The fourth-order valence-electron chi connectivity index (χ4n) is 5.03. The first-order chi connectivity index (χ1) is 14.2. The maximum Gasteiger partial charge on any atom is 0.317 e. The van der Waals surface area contributed by atoms with Gasteiger partial charge in [0.05, 0.1) is 0 Å². The van der Waals surface area contributed by atoms with Crippen LogP contribution in [-0.2, 0) is 9.59 Å². The van der Waals surface area contributed by atoms with Crippen molar-refractivity contribution < 1.29 is 14.4 Å². The van der Waals surface area contributed by atoms with Crippen molar-refractivity contribution in [1.82, 2.24) is 10.2 Å². The van der Waals surface area contributed by atoms with Gasteiger partial charge in [0.25, 0.3) is 0 Å². The van der Waals surface area contributed by atoms with Gasteiger partial charge in [0.2, 0.25) is 0 Å². The monoisotopic (exact) mass is 408 g/mol. The first kappa shape index (κ1) is 22.1. The molecule has 0 aromatic heterocycles. The number of aryl methyl sites for hydroxylation is 2. The summed E-state index contributed by atoms with van der Waals surface area (Å²) in [6, 6.07) is 3.96. The molecule has 1 aliphatic heterocycles. The molecule has 5 heteroatoms. The second kappa shape index (κ2) is 8.63. The number of Topliss-reactive ketones (excluding diaryl/α,β-unsaturated/α-hetero) is 2. The second-order valence-corrected chi connectivity index (χ2v) is 9.21. The van der Waals surface area contributed by atoms with Gasteiger partial charge in [0.1, 0.15) is 17.5 Å². The van der Waals surface area contributed by atoms with Gasteiger partial charge in [0, 0.05) is 37.5 Å². The van der Waals surface area contributed by atoms with Crippen LogP contribution in [0.2, 0.25) is 0 Å². The Kier molecular flexibility index (Phi) is 6.36. The molecule has 5 nitrogen and oxygen atoms in total. The number of carbonyl (C=O) groups excluding carboxylic acids is 3. The second-order valence-electron chi connectivity index (χ2n) is 9.21. The van der Waals surface area contributed by atoms with Gasteiger partial charge in [0.15, 0.2) is 0 Å². The molecule has 1 aliphatic carbocycles. The van der Waals surface area contributed by atoms with Crippen molar-refractivity contribution in [3.8, 4) is 11.8 Å². The van der Waals surface area contributed by atoms with E-state index in [1.165, 1.54) is 0 Å². The molecule has 2 amide bonds. The largest absolute Gasteiger partial charge is 0.336 e. The summed E-state index contributed by atoms with van der Waals surface area (Å²) in [5, 5.41) is 2.92. The van der Waals surface area contributed by atoms with E-state index in [1.54, 1.807) is 11.8 Å². The molecule has 2 fully saturated rings. The summed E-state index contributed by atoms with van der Waals surface area (Å²) in [5.41, 5.74) is 3.38. The normalized spacial score (nSPS) is 19.1. The standard InChI is InChI=1S/C25H32N2O3/c1-6-7-19-12-17(4)22(18(5)13-19)23-20(28)14-25(15-21(23)29)8-10-27(11-9-25)24(30)26-16(2)3/h12-13,16,23H,8-11,14-15H2,1-5H3,(H,26,30). The first-order valence-electron chi connectivity index (χ1n) is 10.8. The number of likely N-dealkylation sites (tertiary alicyclic amines) is 1. The quantitative estimate of drug-likeness (QED) is 0.596. The van der Waals surface area contributed by atoms with Crippen LogP contribution in [-0.4, -0.2) is 41.6 Å². The first-order valence-corrected chi connectivity index (χ1v) is 10.8. The van der Waals surface area contributed by atoms with E-state index in [-0.39, 0.29) is 29.1 Å². The van der Waals surface area contributed by atoms with Crippen LogP contribution in [0.5, 0.6) is 0 Å². The predicted octanol–water partition coefficient (Wildman–Crippen LogP) is 3.89. The van der Waals surface area contributed by atoms with Crippen molar-refractivity contribution >= 4 is 17.6 Å². The van der Waals surface area contributed by atoms with E-state index in [0.717, 1.165) is 22.3 Å². The van der Waals surface area contributed by atoms with Gasteiger partial charge in [-0.1, -0.05) is 5.92 Å². The Bertz CT molecular complexity index is 884. The number of urea groups is 1. The number of piperidine rings is 1. The fraction of sp³-hybridized carbons (Fsp3) is 0.560. The van der Waals surface area contributed by atoms with Gasteiger partial charge in [-0.2, -0.15) is 0 Å². The Morgan fingerprint density at radius 1 is 1.10 bits per heavy atom. The van der Waals surface area contributed by atoms with Crippen LogP contribution < -0.4 is 5.32 Å². The molecule has 160 valence electrons. The predicted molar refractivity (Wildman–Crippen MR) is 117 cm³/mol. The highest BCUT2D eigenvalue weighted by molar-refractivity contribution is 6.10. The molecule has 30 heavy (non-hydrogen) atoms. The minimum atomic E-state index is -0.665. The number of amides is 2. The molecule has 1 saturated carbocycles. The molecule has 1 N–H and O–H groups in total. The number of ketones is 2. The van der Waals surface area contributed by atoms with E-state index in [9.17, 15) is 14.4 Å². The molecule has 1 aromatic rings. The minimum absolute atomic E-state index is 0.0202. The van der Waals surface area contributed by atoms with Crippen molar-refractivity contribution in [3.63, 3.8) is 0 Å². The molecule has 0 bridgehead atoms. The fourth-order valence-corrected chi connectivity index (χ4v) is 5.03. The zero-order chi connectivity index (χ0) is 22.1. The van der Waals surface area contributed by atoms with Gasteiger partial charge in [-0.3, -0.25) is 9.59 Å². The van der Waals surface area contributed by atoms with E-state index in [1.807, 2.05) is 39.8 Å². The van der Waals surface area contributed by atoms with E-state index >= 15 is 0 Å². The number of hydrogen-bond donors (Lipinski definition) is 1. The molecule has 0 unspecified atom stereocenters. The topological polar surface area (TPSA) is 66.5 Å². The lowest BCUT2D eigenvalue weighted by Gasteiger charge is -2.44. The molecular formula is C25H32N2O3. The summed E-state index contributed by atoms with van der Waals surface area (Å²) < 4.78 is 0. The highest BCUT2D eigenvalue weighted by Crippen LogP contribution is 2.46. The van der Waals surface area contributed by atoms with Crippen molar-refractivity contribution in [3.05, 3.63) is 34.4 Å². The van der Waals surface area contributed by atoms with Crippen LogP contribution in [0, 0.1) is 31.1 Å². The van der Waals surface area contributed by atoms with Crippen LogP contribution in [0.15, 0.2) is 12.1 Å². The van der Waals surface area contributed by atoms with Gasteiger partial charge in [-0.15, -0.1) is 5.92 Å². The Labute approximate surface area is 179 Å². The van der Waals surface area contributed by atoms with Crippen molar-refractivity contribution in [1.29, 1.82) is 0 Å². The molecule has 2 aliphatic rings. The molecule has 1 aromatic carbocycles. The third kappa shape index (κ3) is 4.43. The lowest BCUT2D eigenvalue weighted by molar-refractivity contribution is -0.138. The Hall–Kier alpha value is -2.61. The van der Waals surface area contributed by atoms with E-state index in [0.29, 0.717) is 38.8 Å². The van der Waals surface area contributed by atoms with Gasteiger partial charge >= 0.3 is 6.03 Å². The number of benzene rings is 1. The number of nitrogens with one attached hydrogen (secondary N) is 1. The molecular weight excluding hydrogens is 376 g/mol. The molecule has 1 saturated heterocycles. The van der Waals surface area contributed by atoms with Gasteiger partial charge < -0.3 is 10.2 Å². The Balaban J connectivity index is 1.76. The van der Waals surface area contributed by atoms with E-state index < -0.39 is 5.92 Å². The Morgan fingerprint density at radius 2 is 1.63 bits per heavy atom. The number of carbonyl (C=O) groups is 3. The van der Waals surface area contributed by atoms with Crippen LogP contribution in [0.25, 0.3) is 0 Å². The number of hydrogen-bond acceptors (Lipinski definition) is 3. The highest BCUT2D eigenvalue weighted by Gasteiger charge is 2.47. The molecule has 0 radical (unpaired) electrons. The summed E-state index contributed by atoms with van der Waals surface area (Å²) >= 11 is 0. The van der Waals surface area contributed by atoms with Crippen LogP contribution in [0.1, 0.15) is 74.6 Å². The average Bonchev–Trinajstić information content (AvgIpc) is 2.63. The van der Waals surface area contributed by atoms with Gasteiger partial charge in [-0.25, -0.2) is 4.79 Å². The van der Waals surface area contributed by atoms with E-state index in [4.69, 9.17) is 0 Å². The number of nitrogens with zero attached hydrogens (tertiary/aromatic N) is 1. The summed E-state index contributed by atoms with van der Waals surface area (Å²) in [4.78, 5) is 40.5. The zero-order valence-electron chi connectivity index (χ0n) is 18.7. The van der Waals surface area contributed by atoms with E-state index in [2.05, 4.69) is 17.2 Å². The molecule has 1 heterocycles. The van der Waals surface area contributed by atoms with Crippen LogP contribution in [0.3, 0.4) is 0 Å².